The van der Waals surface area contributed by atoms with Crippen LogP contribution in [0.25, 0.3) is 0 Å². The van der Waals surface area contributed by atoms with Crippen molar-refractivity contribution >= 4 is 5.97 Å². The number of rotatable bonds is 7. The fraction of sp³-hybridized carbons (Fsp3) is 0.438. The first-order chi connectivity index (χ1) is 9.02. The summed E-state index contributed by atoms with van der Waals surface area (Å²) in [5.74, 6) is 1.02. The Morgan fingerprint density at radius 1 is 1.26 bits per heavy atom. The standard InChI is InChI=1S/C16H22O3/c1-5-18-16(17)13(4)10-14-6-8-15(9-7-14)19-11-12(2)3/h6-9,12H,4-5,10-11H2,1-3H3. The molecule has 0 saturated heterocycles. The molecule has 104 valence electrons. The van der Waals surface area contributed by atoms with Crippen LogP contribution in [-0.2, 0) is 16.0 Å². The highest BCUT2D eigenvalue weighted by atomic mass is 16.5. The van der Waals surface area contributed by atoms with Gasteiger partial charge in [0, 0.05) is 12.0 Å². The zero-order valence-corrected chi connectivity index (χ0v) is 11.9. The molecule has 1 aromatic rings. The van der Waals surface area contributed by atoms with E-state index < -0.39 is 0 Å². The highest BCUT2D eigenvalue weighted by Crippen LogP contribution is 2.15. The topological polar surface area (TPSA) is 35.5 Å². The molecule has 0 fully saturated rings. The maximum Gasteiger partial charge on any atom is 0.333 e. The van der Waals surface area contributed by atoms with E-state index in [-0.39, 0.29) is 5.97 Å². The Bertz CT molecular complexity index is 418. The molecule has 1 rings (SSSR count). The number of esters is 1. The van der Waals surface area contributed by atoms with E-state index in [4.69, 9.17) is 9.47 Å². The molecule has 0 aromatic heterocycles. The van der Waals surface area contributed by atoms with Crippen LogP contribution in [0.5, 0.6) is 5.75 Å². The van der Waals surface area contributed by atoms with Gasteiger partial charge in [-0.1, -0.05) is 32.6 Å². The van der Waals surface area contributed by atoms with Gasteiger partial charge in [-0.25, -0.2) is 4.79 Å². The fourth-order valence-electron chi connectivity index (χ4n) is 1.52. The van der Waals surface area contributed by atoms with Gasteiger partial charge in [-0.05, 0) is 30.5 Å². The summed E-state index contributed by atoms with van der Waals surface area (Å²) in [4.78, 5) is 11.4. The van der Waals surface area contributed by atoms with Crippen molar-refractivity contribution < 1.29 is 14.3 Å². The van der Waals surface area contributed by atoms with Crippen LogP contribution in [0, 0.1) is 5.92 Å². The van der Waals surface area contributed by atoms with Crippen molar-refractivity contribution in [2.75, 3.05) is 13.2 Å². The molecule has 0 spiro atoms. The van der Waals surface area contributed by atoms with Crippen molar-refractivity contribution in [2.45, 2.75) is 27.2 Å². The first-order valence-electron chi connectivity index (χ1n) is 6.59. The summed E-state index contributed by atoms with van der Waals surface area (Å²) >= 11 is 0. The third-order valence-electron chi connectivity index (χ3n) is 2.49. The maximum absolute atomic E-state index is 11.4. The van der Waals surface area contributed by atoms with Gasteiger partial charge in [-0.2, -0.15) is 0 Å². The van der Waals surface area contributed by atoms with Crippen molar-refractivity contribution in [2.24, 2.45) is 5.92 Å². The number of carbonyl (C=O) groups is 1. The summed E-state index contributed by atoms with van der Waals surface area (Å²) in [5.41, 5.74) is 1.49. The lowest BCUT2D eigenvalue weighted by atomic mass is 10.1. The van der Waals surface area contributed by atoms with Crippen molar-refractivity contribution in [1.29, 1.82) is 0 Å². The third kappa shape index (κ3) is 5.60. The molecule has 0 bridgehead atoms. The molecule has 3 heteroatoms. The predicted octanol–water partition coefficient (Wildman–Crippen LogP) is 3.38. The maximum atomic E-state index is 11.4. The Labute approximate surface area is 115 Å². The van der Waals surface area contributed by atoms with Crippen molar-refractivity contribution in [1.82, 2.24) is 0 Å². The summed E-state index contributed by atoms with van der Waals surface area (Å²) in [5, 5.41) is 0. The van der Waals surface area contributed by atoms with E-state index in [0.717, 1.165) is 11.3 Å². The molecule has 1 aromatic carbocycles. The average molecular weight is 262 g/mol. The van der Waals surface area contributed by atoms with Gasteiger partial charge in [0.15, 0.2) is 0 Å². The van der Waals surface area contributed by atoms with E-state index in [2.05, 4.69) is 20.4 Å². The lowest BCUT2D eigenvalue weighted by Gasteiger charge is -2.09. The molecule has 0 saturated carbocycles. The van der Waals surface area contributed by atoms with E-state index >= 15 is 0 Å². The summed E-state index contributed by atoms with van der Waals surface area (Å²) < 4.78 is 10.5. The molecular weight excluding hydrogens is 240 g/mol. The van der Waals surface area contributed by atoms with Crippen molar-refractivity contribution in [3.8, 4) is 5.75 Å². The van der Waals surface area contributed by atoms with Crippen LogP contribution >= 0.6 is 0 Å². The van der Waals surface area contributed by atoms with E-state index in [1.165, 1.54) is 0 Å². The molecule has 19 heavy (non-hydrogen) atoms. The van der Waals surface area contributed by atoms with Gasteiger partial charge in [-0.15, -0.1) is 0 Å². The first-order valence-corrected chi connectivity index (χ1v) is 6.59. The highest BCUT2D eigenvalue weighted by molar-refractivity contribution is 5.88. The fourth-order valence-corrected chi connectivity index (χ4v) is 1.52. The summed E-state index contributed by atoms with van der Waals surface area (Å²) in [7, 11) is 0. The van der Waals surface area contributed by atoms with Gasteiger partial charge in [-0.3, -0.25) is 0 Å². The lowest BCUT2D eigenvalue weighted by molar-refractivity contribution is -0.138. The molecule has 0 unspecified atom stereocenters. The Kier molecular flexibility index (Phi) is 6.13. The zero-order valence-electron chi connectivity index (χ0n) is 11.9. The lowest BCUT2D eigenvalue weighted by Crippen LogP contribution is -2.08. The van der Waals surface area contributed by atoms with Gasteiger partial charge in [0.25, 0.3) is 0 Å². The largest absolute Gasteiger partial charge is 0.493 e. The average Bonchev–Trinajstić information content (AvgIpc) is 2.38. The third-order valence-corrected chi connectivity index (χ3v) is 2.49. The van der Waals surface area contributed by atoms with Gasteiger partial charge in [0.1, 0.15) is 5.75 Å². The summed E-state index contributed by atoms with van der Waals surface area (Å²) in [6, 6.07) is 7.71. The van der Waals surface area contributed by atoms with Crippen LogP contribution in [0.3, 0.4) is 0 Å². The number of hydrogen-bond acceptors (Lipinski definition) is 3. The Hall–Kier alpha value is -1.77. The first kappa shape index (κ1) is 15.3. The van der Waals surface area contributed by atoms with Crippen LogP contribution in [0.2, 0.25) is 0 Å². The van der Waals surface area contributed by atoms with E-state index in [9.17, 15) is 4.79 Å². The van der Waals surface area contributed by atoms with Crippen molar-refractivity contribution in [3.63, 3.8) is 0 Å². The molecule has 0 aliphatic carbocycles. The smallest absolute Gasteiger partial charge is 0.333 e. The monoisotopic (exact) mass is 262 g/mol. The molecule has 0 heterocycles. The highest BCUT2D eigenvalue weighted by Gasteiger charge is 2.08. The van der Waals surface area contributed by atoms with E-state index in [1.54, 1.807) is 6.92 Å². The number of hydrogen-bond donors (Lipinski definition) is 0. The molecule has 0 atom stereocenters. The summed E-state index contributed by atoms with van der Waals surface area (Å²) in [6.07, 6.45) is 0.503. The van der Waals surface area contributed by atoms with Gasteiger partial charge < -0.3 is 9.47 Å². The molecule has 3 nitrogen and oxygen atoms in total. The predicted molar refractivity (Wildman–Crippen MR) is 76.3 cm³/mol. The number of carbonyl (C=O) groups excluding carboxylic acids is 1. The molecule has 0 N–H and O–H groups in total. The van der Waals surface area contributed by atoms with Crippen LogP contribution in [0.1, 0.15) is 26.3 Å². The van der Waals surface area contributed by atoms with Crippen LogP contribution in [0.4, 0.5) is 0 Å². The second kappa shape index (κ2) is 7.62. The minimum atomic E-state index is -0.331. The second-order valence-corrected chi connectivity index (χ2v) is 4.85. The van der Waals surface area contributed by atoms with Gasteiger partial charge in [0.2, 0.25) is 0 Å². The van der Waals surface area contributed by atoms with Crippen LogP contribution in [0.15, 0.2) is 36.4 Å². The zero-order chi connectivity index (χ0) is 14.3. The molecule has 0 aliphatic rings. The Balaban J connectivity index is 2.52. The SMILES string of the molecule is C=C(Cc1ccc(OCC(C)C)cc1)C(=O)OCC. The summed E-state index contributed by atoms with van der Waals surface area (Å²) in [6.45, 7) is 10.8. The molecule has 0 aliphatic heterocycles. The molecular formula is C16H22O3. The minimum absolute atomic E-state index is 0.331. The molecule has 0 radical (unpaired) electrons. The van der Waals surface area contributed by atoms with E-state index in [1.807, 2.05) is 24.3 Å². The Morgan fingerprint density at radius 3 is 2.42 bits per heavy atom. The van der Waals surface area contributed by atoms with Crippen molar-refractivity contribution in [3.05, 3.63) is 42.0 Å². The normalized spacial score (nSPS) is 10.3. The van der Waals surface area contributed by atoms with Gasteiger partial charge >= 0.3 is 5.97 Å². The molecule has 0 amide bonds. The second-order valence-electron chi connectivity index (χ2n) is 4.85. The van der Waals surface area contributed by atoms with Gasteiger partial charge in [0.05, 0.1) is 13.2 Å². The van der Waals surface area contributed by atoms with Crippen LogP contribution < -0.4 is 4.74 Å². The number of ether oxygens (including phenoxy) is 2. The Morgan fingerprint density at radius 2 is 1.89 bits per heavy atom. The quantitative estimate of drug-likeness (QED) is 0.558. The van der Waals surface area contributed by atoms with Crippen LogP contribution in [-0.4, -0.2) is 19.2 Å². The minimum Gasteiger partial charge on any atom is -0.493 e. The number of benzene rings is 1. The van der Waals surface area contributed by atoms with E-state index in [0.29, 0.717) is 31.1 Å².